The van der Waals surface area contributed by atoms with E-state index >= 15 is 0 Å². The van der Waals surface area contributed by atoms with Crippen molar-refractivity contribution in [3.05, 3.63) is 132 Å². The van der Waals surface area contributed by atoms with Crippen LogP contribution in [0.4, 0.5) is 0 Å². The minimum absolute atomic E-state index is 0.00550. The summed E-state index contributed by atoms with van der Waals surface area (Å²) in [5, 5.41) is 11.2. The van der Waals surface area contributed by atoms with Crippen molar-refractivity contribution in [3.8, 4) is 0 Å². The molecule has 0 heterocycles. The molecule has 2 N–H and O–H groups in total. The lowest BCUT2D eigenvalue weighted by Gasteiger charge is -2.37. The van der Waals surface area contributed by atoms with Gasteiger partial charge in [-0.1, -0.05) is 128 Å². The quantitative estimate of drug-likeness (QED) is 0.154. The second-order valence-corrected chi connectivity index (χ2v) is 14.2. The van der Waals surface area contributed by atoms with Gasteiger partial charge in [-0.15, -0.1) is 0 Å². The number of nitrogens with one attached hydrogen (secondary N) is 2. The zero-order valence-electron chi connectivity index (χ0n) is 24.4. The molecule has 212 valence electrons. The van der Waals surface area contributed by atoms with Crippen LogP contribution in [-0.4, -0.2) is 35.8 Å². The highest BCUT2D eigenvalue weighted by Gasteiger charge is 2.38. The summed E-state index contributed by atoms with van der Waals surface area (Å²) >= 11 is 6.05. The van der Waals surface area contributed by atoms with Gasteiger partial charge >= 0.3 is 0 Å². The molecule has 0 aliphatic heterocycles. The molecular weight excluding hydrogens is 537 g/mol. The number of thiocarbonyl (C=S) groups is 1. The zero-order valence-corrected chi connectivity index (χ0v) is 26.1. The summed E-state index contributed by atoms with van der Waals surface area (Å²) < 4.78 is 0. The van der Waals surface area contributed by atoms with Crippen LogP contribution in [-0.2, 0) is 0 Å². The predicted octanol–water partition coefficient (Wildman–Crippen LogP) is 7.18. The Hall–Kier alpha value is -3.04. The third kappa shape index (κ3) is 7.25. The normalized spacial score (nSPS) is 19.0. The van der Waals surface area contributed by atoms with E-state index in [1.807, 2.05) is 0 Å². The summed E-state index contributed by atoms with van der Waals surface area (Å²) in [7, 11) is 3.83. The van der Waals surface area contributed by atoms with Crippen LogP contribution >= 0.6 is 20.1 Å². The first-order valence-corrected chi connectivity index (χ1v) is 16.6. The Bertz CT molecular complexity index is 1310. The van der Waals surface area contributed by atoms with E-state index in [2.05, 4.69) is 158 Å². The van der Waals surface area contributed by atoms with Gasteiger partial charge in [-0.25, -0.2) is 0 Å². The van der Waals surface area contributed by atoms with Crippen molar-refractivity contribution >= 4 is 35.9 Å². The zero-order chi connectivity index (χ0) is 28.6. The Labute approximate surface area is 253 Å². The summed E-state index contributed by atoms with van der Waals surface area (Å²) in [6.07, 6.45) is 3.76. The molecule has 1 fully saturated rings. The summed E-state index contributed by atoms with van der Waals surface area (Å²) in [6.45, 7) is 2.33. The van der Waals surface area contributed by atoms with E-state index in [9.17, 15) is 0 Å². The van der Waals surface area contributed by atoms with Crippen LogP contribution in [0.25, 0.3) is 0 Å². The lowest BCUT2D eigenvalue weighted by Crippen LogP contribution is -2.48. The molecule has 1 aliphatic carbocycles. The van der Waals surface area contributed by atoms with Crippen molar-refractivity contribution in [2.75, 3.05) is 14.1 Å². The SMILES string of the molecule is C[C@@H](NC(=S)N[C@H](c1ccccc1)[C@@H](c1ccccc1)N(C)C)C1CCCC1P(c1ccccc1)c1ccccc1. The van der Waals surface area contributed by atoms with Gasteiger partial charge in [0.05, 0.1) is 12.1 Å². The predicted molar refractivity (Wildman–Crippen MR) is 181 cm³/mol. The number of nitrogens with zero attached hydrogens (tertiary/aromatic N) is 1. The maximum atomic E-state index is 6.05. The van der Waals surface area contributed by atoms with Gasteiger partial charge in [0.25, 0.3) is 0 Å². The molecule has 0 bridgehead atoms. The van der Waals surface area contributed by atoms with Gasteiger partial charge in [-0.05, 0) is 87.3 Å². The summed E-state index contributed by atoms with van der Waals surface area (Å²) in [5.41, 5.74) is 3.10. The van der Waals surface area contributed by atoms with E-state index in [0.717, 1.165) is 5.11 Å². The molecule has 1 saturated carbocycles. The Kier molecular flexibility index (Phi) is 10.2. The molecule has 0 spiro atoms. The minimum Gasteiger partial charge on any atom is -0.360 e. The first kappa shape index (κ1) is 29.5. The van der Waals surface area contributed by atoms with E-state index in [4.69, 9.17) is 12.2 Å². The smallest absolute Gasteiger partial charge is 0.167 e. The van der Waals surface area contributed by atoms with Gasteiger partial charge in [0.15, 0.2) is 5.11 Å². The third-order valence-electron chi connectivity index (χ3n) is 8.39. The van der Waals surface area contributed by atoms with Crippen LogP contribution in [0.15, 0.2) is 121 Å². The first-order chi connectivity index (χ1) is 20.0. The van der Waals surface area contributed by atoms with Gasteiger partial charge in [0, 0.05) is 6.04 Å². The number of hydrogen-bond donors (Lipinski definition) is 2. The Morgan fingerprint density at radius 1 is 0.707 bits per heavy atom. The first-order valence-electron chi connectivity index (χ1n) is 14.8. The standard InChI is InChI=1S/C36H42N3PS/c1-27(32-25-16-26-33(32)40(30-21-12-6-13-22-30)31-23-14-7-15-24-31)37-36(41)38-34(28-17-8-4-9-18-28)35(39(2)3)29-19-10-5-11-20-29/h4-15,17-24,27,32-35H,16,25-26H2,1-3H3,(H2,37,38,41)/t27-,32?,33?,34-,35-/m1/s1. The summed E-state index contributed by atoms with van der Waals surface area (Å²) in [6, 6.07) is 44.1. The minimum atomic E-state index is -0.461. The Morgan fingerprint density at radius 2 is 1.20 bits per heavy atom. The van der Waals surface area contributed by atoms with Crippen molar-refractivity contribution in [1.29, 1.82) is 0 Å². The highest BCUT2D eigenvalue weighted by molar-refractivity contribution is 7.80. The van der Waals surface area contributed by atoms with Crippen LogP contribution in [0.1, 0.15) is 49.4 Å². The average Bonchev–Trinajstić information content (AvgIpc) is 3.48. The van der Waals surface area contributed by atoms with Crippen molar-refractivity contribution in [1.82, 2.24) is 15.5 Å². The van der Waals surface area contributed by atoms with Gasteiger partial charge in [-0.2, -0.15) is 0 Å². The molecule has 1 aliphatic rings. The van der Waals surface area contributed by atoms with Crippen molar-refractivity contribution in [2.24, 2.45) is 5.92 Å². The van der Waals surface area contributed by atoms with Gasteiger partial charge in [0.2, 0.25) is 0 Å². The van der Waals surface area contributed by atoms with Crippen LogP contribution in [0.3, 0.4) is 0 Å². The molecule has 41 heavy (non-hydrogen) atoms. The van der Waals surface area contributed by atoms with Crippen LogP contribution in [0.2, 0.25) is 0 Å². The fourth-order valence-electron chi connectivity index (χ4n) is 6.52. The second-order valence-electron chi connectivity index (χ2n) is 11.3. The van der Waals surface area contributed by atoms with E-state index in [1.165, 1.54) is 41.0 Å². The second kappa shape index (κ2) is 14.2. The van der Waals surface area contributed by atoms with Crippen LogP contribution < -0.4 is 21.2 Å². The molecule has 5 rings (SSSR count). The lowest BCUT2D eigenvalue weighted by molar-refractivity contribution is 0.246. The fraction of sp³-hybridized carbons (Fsp3) is 0.306. The molecule has 2 unspecified atom stereocenters. The number of benzene rings is 4. The molecule has 5 atom stereocenters. The van der Waals surface area contributed by atoms with Gasteiger partial charge in [-0.3, -0.25) is 0 Å². The highest BCUT2D eigenvalue weighted by atomic mass is 32.1. The van der Waals surface area contributed by atoms with E-state index in [1.54, 1.807) is 0 Å². The highest BCUT2D eigenvalue weighted by Crippen LogP contribution is 2.51. The summed E-state index contributed by atoms with van der Waals surface area (Å²) in [5.74, 6) is 0.551. The van der Waals surface area contributed by atoms with E-state index < -0.39 is 7.92 Å². The lowest BCUT2D eigenvalue weighted by atomic mass is 9.92. The largest absolute Gasteiger partial charge is 0.360 e. The maximum Gasteiger partial charge on any atom is 0.167 e. The molecule has 4 aromatic carbocycles. The van der Waals surface area contributed by atoms with Crippen molar-refractivity contribution in [3.63, 3.8) is 0 Å². The summed E-state index contributed by atoms with van der Waals surface area (Å²) in [4.78, 5) is 2.28. The topological polar surface area (TPSA) is 27.3 Å². The molecular formula is C36H42N3PS. The van der Waals surface area contributed by atoms with E-state index in [-0.39, 0.29) is 18.1 Å². The maximum absolute atomic E-state index is 6.05. The van der Waals surface area contributed by atoms with E-state index in [0.29, 0.717) is 11.6 Å². The monoisotopic (exact) mass is 579 g/mol. The average molecular weight is 580 g/mol. The number of likely N-dealkylation sites (N-methyl/N-ethyl adjacent to an activating group) is 1. The third-order valence-corrected chi connectivity index (χ3v) is 11.6. The molecule has 0 amide bonds. The Balaban J connectivity index is 1.37. The molecule has 0 aromatic heterocycles. The van der Waals surface area contributed by atoms with Crippen LogP contribution in [0, 0.1) is 5.92 Å². The Morgan fingerprint density at radius 3 is 1.71 bits per heavy atom. The number of rotatable bonds is 10. The number of hydrogen-bond acceptors (Lipinski definition) is 2. The molecule has 5 heteroatoms. The molecule has 4 aromatic rings. The molecule has 0 radical (unpaired) electrons. The molecule has 3 nitrogen and oxygen atoms in total. The van der Waals surface area contributed by atoms with Gasteiger partial charge < -0.3 is 15.5 Å². The fourth-order valence-corrected chi connectivity index (χ4v) is 10.1. The van der Waals surface area contributed by atoms with Crippen LogP contribution in [0.5, 0.6) is 0 Å². The van der Waals surface area contributed by atoms with Gasteiger partial charge in [0.1, 0.15) is 0 Å². The van der Waals surface area contributed by atoms with Crippen molar-refractivity contribution in [2.45, 2.75) is 50.0 Å². The van der Waals surface area contributed by atoms with Crippen molar-refractivity contribution < 1.29 is 0 Å². The molecule has 0 saturated heterocycles.